The van der Waals surface area contributed by atoms with E-state index in [1.807, 2.05) is 0 Å². The van der Waals surface area contributed by atoms with Crippen molar-refractivity contribution in [1.82, 2.24) is 0 Å². The van der Waals surface area contributed by atoms with Gasteiger partial charge >= 0.3 is 0 Å². The number of hydrogen-bond donors (Lipinski definition) is 0. The molecule has 0 unspecified atom stereocenters. The van der Waals surface area contributed by atoms with Crippen LogP contribution in [-0.4, -0.2) is 0 Å². The molecule has 0 saturated carbocycles. The van der Waals surface area contributed by atoms with Crippen LogP contribution in [0.15, 0.2) is 170 Å². The lowest BCUT2D eigenvalue weighted by atomic mass is 9.80. The molecule has 0 saturated heterocycles. The summed E-state index contributed by atoms with van der Waals surface area (Å²) in [6.07, 6.45) is 0. The molecule has 11 rings (SSSR count). The second-order valence-corrected chi connectivity index (χ2v) is 14.8. The van der Waals surface area contributed by atoms with E-state index in [1.54, 1.807) is 0 Å². The first kappa shape index (κ1) is 28.6. The molecule has 0 heterocycles. The van der Waals surface area contributed by atoms with Crippen LogP contribution in [0, 0.1) is 0 Å². The highest BCUT2D eigenvalue weighted by atomic mass is 14.4. The molecular weight excluding hydrogens is 613 g/mol. The van der Waals surface area contributed by atoms with E-state index in [0.29, 0.717) is 0 Å². The summed E-state index contributed by atoms with van der Waals surface area (Å²) in [4.78, 5) is 0. The van der Waals surface area contributed by atoms with Gasteiger partial charge in [0.25, 0.3) is 0 Å². The summed E-state index contributed by atoms with van der Waals surface area (Å²) < 4.78 is 0. The normalized spacial score (nSPS) is 13.5. The first-order valence-electron chi connectivity index (χ1n) is 18.0. The average Bonchev–Trinajstić information content (AvgIpc) is 3.42. The molecule has 0 heteroatoms. The summed E-state index contributed by atoms with van der Waals surface area (Å²) in [5.41, 5.74) is 13.1. The fraction of sp³-hybridized carbons (Fsp3) is 0.0588. The molecule has 0 aromatic heterocycles. The molecule has 0 fully saturated rings. The molecule has 0 N–H and O–H groups in total. The van der Waals surface area contributed by atoms with Crippen molar-refractivity contribution in [1.29, 1.82) is 0 Å². The van der Waals surface area contributed by atoms with Crippen LogP contribution in [-0.2, 0) is 5.41 Å². The third-order valence-electron chi connectivity index (χ3n) is 11.8. The Balaban J connectivity index is 1.32. The van der Waals surface area contributed by atoms with Crippen molar-refractivity contribution in [2.24, 2.45) is 0 Å². The van der Waals surface area contributed by atoms with E-state index in [9.17, 15) is 0 Å². The van der Waals surface area contributed by atoms with Crippen molar-refractivity contribution in [2.75, 3.05) is 0 Å². The SMILES string of the molecule is CC1(C)c2ccccc2-c2c(-c3c4ccccc4c(-c4ccc5ccc6cccc7ccc4c5c67)c4ccc(-c5ccccc5)cc34)cccc21. The average molecular weight is 647 g/mol. The largest absolute Gasteiger partial charge is 0.0622 e. The molecule has 0 nitrogen and oxygen atoms in total. The molecule has 0 aliphatic heterocycles. The van der Waals surface area contributed by atoms with Gasteiger partial charge in [-0.15, -0.1) is 0 Å². The number of hydrogen-bond acceptors (Lipinski definition) is 0. The molecule has 0 atom stereocenters. The van der Waals surface area contributed by atoms with Crippen molar-refractivity contribution in [3.05, 3.63) is 181 Å². The molecular formula is C51H34. The Morgan fingerprint density at radius 2 is 0.882 bits per heavy atom. The zero-order valence-corrected chi connectivity index (χ0v) is 28.7. The van der Waals surface area contributed by atoms with Gasteiger partial charge in [0.05, 0.1) is 0 Å². The summed E-state index contributed by atoms with van der Waals surface area (Å²) in [5, 5.41) is 13.0. The van der Waals surface area contributed by atoms with Crippen molar-refractivity contribution in [2.45, 2.75) is 19.3 Å². The molecule has 51 heavy (non-hydrogen) atoms. The van der Waals surface area contributed by atoms with Crippen molar-refractivity contribution in [3.8, 4) is 44.5 Å². The maximum Gasteiger partial charge on any atom is 0.0159 e. The lowest BCUT2D eigenvalue weighted by Crippen LogP contribution is -2.14. The van der Waals surface area contributed by atoms with E-state index in [1.165, 1.54) is 109 Å². The Hall–Kier alpha value is -6.24. The van der Waals surface area contributed by atoms with E-state index >= 15 is 0 Å². The highest BCUT2D eigenvalue weighted by Gasteiger charge is 2.37. The lowest BCUT2D eigenvalue weighted by Gasteiger charge is -2.23. The van der Waals surface area contributed by atoms with Crippen LogP contribution in [0.2, 0.25) is 0 Å². The van der Waals surface area contributed by atoms with Gasteiger partial charge < -0.3 is 0 Å². The summed E-state index contributed by atoms with van der Waals surface area (Å²) >= 11 is 0. The monoisotopic (exact) mass is 646 g/mol. The highest BCUT2D eigenvalue weighted by Crippen LogP contribution is 2.55. The van der Waals surface area contributed by atoms with Crippen LogP contribution < -0.4 is 0 Å². The fourth-order valence-electron chi connectivity index (χ4n) is 9.49. The van der Waals surface area contributed by atoms with Crippen LogP contribution >= 0.6 is 0 Å². The van der Waals surface area contributed by atoms with Crippen LogP contribution in [0.3, 0.4) is 0 Å². The topological polar surface area (TPSA) is 0 Å². The minimum atomic E-state index is -0.0790. The number of benzene rings is 10. The predicted molar refractivity (Wildman–Crippen MR) is 219 cm³/mol. The second kappa shape index (κ2) is 10.4. The van der Waals surface area contributed by atoms with Gasteiger partial charge in [-0.25, -0.2) is 0 Å². The van der Waals surface area contributed by atoms with E-state index in [-0.39, 0.29) is 5.41 Å². The summed E-state index contributed by atoms with van der Waals surface area (Å²) in [6.45, 7) is 4.75. The summed E-state index contributed by atoms with van der Waals surface area (Å²) in [6, 6.07) is 63.7. The van der Waals surface area contributed by atoms with Crippen LogP contribution in [0.25, 0.3) is 98.4 Å². The third-order valence-corrected chi connectivity index (χ3v) is 11.8. The Bertz CT molecular complexity index is 3020. The smallest absolute Gasteiger partial charge is 0.0159 e. The van der Waals surface area contributed by atoms with E-state index in [0.717, 1.165) is 0 Å². The first-order valence-corrected chi connectivity index (χ1v) is 18.0. The molecule has 10 aromatic carbocycles. The third kappa shape index (κ3) is 3.91. The second-order valence-electron chi connectivity index (χ2n) is 14.8. The zero-order valence-electron chi connectivity index (χ0n) is 28.7. The van der Waals surface area contributed by atoms with Crippen molar-refractivity contribution >= 4 is 53.9 Å². The molecule has 0 spiro atoms. The van der Waals surface area contributed by atoms with Gasteiger partial charge in [-0.05, 0) is 116 Å². The molecule has 10 aromatic rings. The number of fused-ring (bicyclic) bond motifs is 5. The Morgan fingerprint density at radius 3 is 1.69 bits per heavy atom. The summed E-state index contributed by atoms with van der Waals surface area (Å²) in [7, 11) is 0. The molecule has 0 radical (unpaired) electrons. The predicted octanol–water partition coefficient (Wildman–Crippen LogP) is 14.2. The van der Waals surface area contributed by atoms with E-state index in [2.05, 4.69) is 184 Å². The lowest BCUT2D eigenvalue weighted by molar-refractivity contribution is 0.660. The maximum absolute atomic E-state index is 2.46. The van der Waals surface area contributed by atoms with Gasteiger partial charge in [0.2, 0.25) is 0 Å². The Morgan fingerprint density at radius 1 is 0.314 bits per heavy atom. The molecule has 1 aliphatic rings. The number of rotatable bonds is 3. The molecule has 1 aliphatic carbocycles. The van der Waals surface area contributed by atoms with Crippen molar-refractivity contribution in [3.63, 3.8) is 0 Å². The minimum Gasteiger partial charge on any atom is -0.0622 e. The first-order chi connectivity index (χ1) is 25.1. The standard InChI is InChI=1S/C51H34/c1-51(2)44-20-9-8-18-41(44)50-42(19-11-21-45(50)51)49-37-17-7-6-16-36(37)48(40-29-26-35(30-43(40)49)31-12-4-3-5-13-31)39-28-25-34-23-22-32-14-10-15-33-24-27-38(39)47(34)46(32)33/h3-30H,1-2H3. The van der Waals surface area contributed by atoms with Gasteiger partial charge in [-0.2, -0.15) is 0 Å². The molecule has 238 valence electrons. The van der Waals surface area contributed by atoms with Gasteiger partial charge in [0, 0.05) is 5.41 Å². The van der Waals surface area contributed by atoms with Gasteiger partial charge in [0.1, 0.15) is 0 Å². The quantitative estimate of drug-likeness (QED) is 0.132. The van der Waals surface area contributed by atoms with Crippen molar-refractivity contribution < 1.29 is 0 Å². The van der Waals surface area contributed by atoms with Gasteiger partial charge in [-0.1, -0.05) is 178 Å². The summed E-state index contributed by atoms with van der Waals surface area (Å²) in [5.74, 6) is 0. The molecule has 0 amide bonds. The molecule has 0 bridgehead atoms. The van der Waals surface area contributed by atoms with E-state index < -0.39 is 0 Å². The van der Waals surface area contributed by atoms with E-state index in [4.69, 9.17) is 0 Å². The fourth-order valence-corrected chi connectivity index (χ4v) is 9.49. The van der Waals surface area contributed by atoms with Crippen LogP contribution in [0.5, 0.6) is 0 Å². The minimum absolute atomic E-state index is 0.0790. The maximum atomic E-state index is 2.46. The van der Waals surface area contributed by atoms with Gasteiger partial charge in [0.15, 0.2) is 0 Å². The Kier molecular flexibility index (Phi) is 5.82. The zero-order chi connectivity index (χ0) is 33.8. The van der Waals surface area contributed by atoms with Crippen LogP contribution in [0.1, 0.15) is 25.0 Å². The highest BCUT2D eigenvalue weighted by molar-refractivity contribution is 6.30. The van der Waals surface area contributed by atoms with Gasteiger partial charge in [-0.3, -0.25) is 0 Å². The Labute approximate surface area is 297 Å². The van der Waals surface area contributed by atoms with Crippen LogP contribution in [0.4, 0.5) is 0 Å².